The van der Waals surface area contributed by atoms with Crippen LogP contribution in [-0.2, 0) is 11.2 Å². The largest absolute Gasteiger partial charge is 0.345 e. The molecule has 2 aromatic heterocycles. The van der Waals surface area contributed by atoms with Crippen LogP contribution in [0.25, 0.3) is 0 Å². The van der Waals surface area contributed by atoms with Crippen LogP contribution < -0.4 is 0 Å². The summed E-state index contributed by atoms with van der Waals surface area (Å²) in [7, 11) is 1.85. The summed E-state index contributed by atoms with van der Waals surface area (Å²) in [6, 6.07) is 9.35. The maximum atomic E-state index is 12.6. The standard InChI is InChI=1S/C22H28N4O2/c1-25(16-11-20-6-2-3-12-24-20)21(27)8-7-18-5-4-15-26(17-18)22(28)19-9-13-23-14-10-19/h2-3,6,9-10,12-14,18H,4-5,7-8,11,15-17H2,1H3. The van der Waals surface area contributed by atoms with Gasteiger partial charge in [-0.15, -0.1) is 0 Å². The monoisotopic (exact) mass is 380 g/mol. The van der Waals surface area contributed by atoms with Gasteiger partial charge in [0.2, 0.25) is 5.91 Å². The van der Waals surface area contributed by atoms with Crippen LogP contribution in [0.5, 0.6) is 0 Å². The molecule has 6 heteroatoms. The molecule has 0 spiro atoms. The molecule has 1 saturated heterocycles. The molecule has 148 valence electrons. The first kappa shape index (κ1) is 20.0. The predicted octanol–water partition coefficient (Wildman–Crippen LogP) is 2.81. The van der Waals surface area contributed by atoms with Crippen molar-refractivity contribution in [2.24, 2.45) is 5.92 Å². The lowest BCUT2D eigenvalue weighted by molar-refractivity contribution is -0.130. The minimum absolute atomic E-state index is 0.0610. The van der Waals surface area contributed by atoms with Gasteiger partial charge in [-0.2, -0.15) is 0 Å². The van der Waals surface area contributed by atoms with Crippen molar-refractivity contribution < 1.29 is 9.59 Å². The molecule has 1 fully saturated rings. The number of rotatable bonds is 7. The Bertz CT molecular complexity index is 767. The third kappa shape index (κ3) is 5.62. The molecular weight excluding hydrogens is 352 g/mol. The van der Waals surface area contributed by atoms with E-state index in [0.717, 1.165) is 44.5 Å². The van der Waals surface area contributed by atoms with Crippen molar-refractivity contribution in [3.8, 4) is 0 Å². The van der Waals surface area contributed by atoms with E-state index >= 15 is 0 Å². The number of hydrogen-bond acceptors (Lipinski definition) is 4. The molecule has 28 heavy (non-hydrogen) atoms. The molecule has 0 aliphatic carbocycles. The number of amides is 2. The Kier molecular flexibility index (Phi) is 7.12. The topological polar surface area (TPSA) is 66.4 Å². The highest BCUT2D eigenvalue weighted by Gasteiger charge is 2.25. The van der Waals surface area contributed by atoms with Gasteiger partial charge in [-0.3, -0.25) is 19.6 Å². The minimum atomic E-state index is 0.0610. The highest BCUT2D eigenvalue weighted by molar-refractivity contribution is 5.94. The average molecular weight is 380 g/mol. The van der Waals surface area contributed by atoms with Gasteiger partial charge in [0, 0.05) is 69.4 Å². The summed E-state index contributed by atoms with van der Waals surface area (Å²) >= 11 is 0. The second kappa shape index (κ2) is 9.97. The van der Waals surface area contributed by atoms with E-state index in [1.165, 1.54) is 0 Å². The first-order valence-corrected chi connectivity index (χ1v) is 9.96. The molecule has 1 unspecified atom stereocenters. The molecule has 6 nitrogen and oxygen atoms in total. The van der Waals surface area contributed by atoms with Crippen molar-refractivity contribution in [1.82, 2.24) is 19.8 Å². The fourth-order valence-electron chi connectivity index (χ4n) is 3.63. The fourth-order valence-corrected chi connectivity index (χ4v) is 3.63. The van der Waals surface area contributed by atoms with Gasteiger partial charge in [0.15, 0.2) is 0 Å². The second-order valence-electron chi connectivity index (χ2n) is 7.42. The number of carbonyl (C=O) groups excluding carboxylic acids is 2. The van der Waals surface area contributed by atoms with Gasteiger partial charge in [-0.25, -0.2) is 0 Å². The van der Waals surface area contributed by atoms with Crippen LogP contribution in [0.1, 0.15) is 41.7 Å². The van der Waals surface area contributed by atoms with Gasteiger partial charge in [-0.1, -0.05) is 6.07 Å². The Labute approximate surface area is 166 Å². The second-order valence-corrected chi connectivity index (χ2v) is 7.42. The van der Waals surface area contributed by atoms with Crippen molar-refractivity contribution in [2.75, 3.05) is 26.7 Å². The molecule has 0 radical (unpaired) electrons. The minimum Gasteiger partial charge on any atom is -0.345 e. The van der Waals surface area contributed by atoms with Crippen LogP contribution in [0.2, 0.25) is 0 Å². The first-order chi connectivity index (χ1) is 13.6. The lowest BCUT2D eigenvalue weighted by atomic mass is 9.92. The highest BCUT2D eigenvalue weighted by atomic mass is 16.2. The molecule has 1 aliphatic rings. The molecule has 0 aromatic carbocycles. The Balaban J connectivity index is 1.43. The molecule has 0 N–H and O–H groups in total. The Morgan fingerprint density at radius 3 is 2.75 bits per heavy atom. The molecule has 3 rings (SSSR count). The van der Waals surface area contributed by atoms with E-state index in [1.807, 2.05) is 30.1 Å². The molecule has 1 atom stereocenters. The van der Waals surface area contributed by atoms with Gasteiger partial charge >= 0.3 is 0 Å². The van der Waals surface area contributed by atoms with Gasteiger partial charge in [0.25, 0.3) is 5.91 Å². The Hall–Kier alpha value is -2.76. The van der Waals surface area contributed by atoms with Gasteiger partial charge in [-0.05, 0) is 49.4 Å². The zero-order valence-electron chi connectivity index (χ0n) is 16.5. The summed E-state index contributed by atoms with van der Waals surface area (Å²) in [6.07, 6.45) is 9.26. The number of nitrogens with zero attached hydrogens (tertiary/aromatic N) is 4. The zero-order valence-corrected chi connectivity index (χ0v) is 16.5. The van der Waals surface area contributed by atoms with E-state index < -0.39 is 0 Å². The van der Waals surface area contributed by atoms with Crippen molar-refractivity contribution in [1.29, 1.82) is 0 Å². The summed E-state index contributed by atoms with van der Waals surface area (Å²) in [5, 5.41) is 0. The normalized spacial score (nSPS) is 16.6. The van der Waals surface area contributed by atoms with Crippen LogP contribution in [0, 0.1) is 5.92 Å². The number of hydrogen-bond donors (Lipinski definition) is 0. The van der Waals surface area contributed by atoms with Crippen LogP contribution in [0.4, 0.5) is 0 Å². The molecule has 1 aliphatic heterocycles. The smallest absolute Gasteiger partial charge is 0.253 e. The maximum absolute atomic E-state index is 12.6. The van der Waals surface area contributed by atoms with Crippen molar-refractivity contribution in [2.45, 2.75) is 32.1 Å². The molecular formula is C22H28N4O2. The quantitative estimate of drug-likeness (QED) is 0.741. The van der Waals surface area contributed by atoms with Crippen LogP contribution in [0.3, 0.4) is 0 Å². The average Bonchev–Trinajstić information content (AvgIpc) is 2.76. The number of likely N-dealkylation sites (tertiary alicyclic amines) is 1. The van der Waals surface area contributed by atoms with Gasteiger partial charge < -0.3 is 9.80 Å². The molecule has 0 saturated carbocycles. The van der Waals surface area contributed by atoms with Gasteiger partial charge in [0.1, 0.15) is 0 Å². The molecule has 2 aromatic rings. The fraction of sp³-hybridized carbons (Fsp3) is 0.455. The number of piperidine rings is 1. The molecule has 3 heterocycles. The van der Waals surface area contributed by atoms with E-state index in [1.54, 1.807) is 35.6 Å². The van der Waals surface area contributed by atoms with E-state index in [0.29, 0.717) is 24.4 Å². The summed E-state index contributed by atoms with van der Waals surface area (Å²) < 4.78 is 0. The molecule has 2 amide bonds. The number of pyridine rings is 2. The predicted molar refractivity (Wildman–Crippen MR) is 108 cm³/mol. The van der Waals surface area contributed by atoms with Crippen molar-refractivity contribution in [3.05, 3.63) is 60.2 Å². The lowest BCUT2D eigenvalue weighted by Gasteiger charge is -2.33. The maximum Gasteiger partial charge on any atom is 0.253 e. The number of likely N-dealkylation sites (N-methyl/N-ethyl adjacent to an activating group) is 1. The summed E-state index contributed by atoms with van der Waals surface area (Å²) in [6.45, 7) is 2.19. The van der Waals surface area contributed by atoms with E-state index in [4.69, 9.17) is 0 Å². The third-order valence-electron chi connectivity index (χ3n) is 5.36. The Morgan fingerprint density at radius 1 is 1.18 bits per heavy atom. The highest BCUT2D eigenvalue weighted by Crippen LogP contribution is 2.22. The van der Waals surface area contributed by atoms with Crippen LogP contribution in [-0.4, -0.2) is 58.3 Å². The van der Waals surface area contributed by atoms with E-state index in [9.17, 15) is 9.59 Å². The van der Waals surface area contributed by atoms with Gasteiger partial charge in [0.05, 0.1) is 0 Å². The van der Waals surface area contributed by atoms with Crippen LogP contribution >= 0.6 is 0 Å². The van der Waals surface area contributed by atoms with E-state index in [2.05, 4.69) is 9.97 Å². The number of aromatic nitrogens is 2. The summed E-state index contributed by atoms with van der Waals surface area (Å²) in [5.74, 6) is 0.604. The zero-order chi connectivity index (χ0) is 19.8. The Morgan fingerprint density at radius 2 is 2.00 bits per heavy atom. The van der Waals surface area contributed by atoms with E-state index in [-0.39, 0.29) is 11.8 Å². The third-order valence-corrected chi connectivity index (χ3v) is 5.36. The summed E-state index contributed by atoms with van der Waals surface area (Å²) in [5.41, 5.74) is 1.68. The molecule has 0 bridgehead atoms. The van der Waals surface area contributed by atoms with Crippen LogP contribution in [0.15, 0.2) is 48.9 Å². The lowest BCUT2D eigenvalue weighted by Crippen LogP contribution is -2.40. The first-order valence-electron chi connectivity index (χ1n) is 9.96. The van der Waals surface area contributed by atoms with Crippen molar-refractivity contribution in [3.63, 3.8) is 0 Å². The van der Waals surface area contributed by atoms with Crippen molar-refractivity contribution >= 4 is 11.8 Å². The SMILES string of the molecule is CN(CCc1ccccn1)C(=O)CCC1CCCN(C(=O)c2ccncc2)C1. The summed E-state index contributed by atoms with van der Waals surface area (Å²) in [4.78, 5) is 37.1. The number of carbonyl (C=O) groups is 2.